The van der Waals surface area contributed by atoms with E-state index >= 15 is 0 Å². The molecule has 0 saturated carbocycles. The van der Waals surface area contributed by atoms with Crippen LogP contribution in [0.1, 0.15) is 0 Å². The average molecular weight is 324 g/mol. The molecule has 56 valence electrons. The van der Waals surface area contributed by atoms with Gasteiger partial charge in [0, 0.05) is 11.6 Å². The summed E-state index contributed by atoms with van der Waals surface area (Å²) in [6, 6.07) is 12.1. The third-order valence-corrected chi connectivity index (χ3v) is 1.51. The van der Waals surface area contributed by atoms with Crippen LogP contribution in [0.25, 0.3) is 10.9 Å². The van der Waals surface area contributed by atoms with E-state index in [0.717, 1.165) is 5.52 Å². The fourth-order valence-corrected chi connectivity index (χ4v) is 1.02. The monoisotopic (exact) mass is 324 g/mol. The molecular weight excluding hydrogens is 317 g/mol. The molecule has 1 heterocycles. The molecule has 1 nitrogen and oxygen atoms in total. The second-order valence-corrected chi connectivity index (χ2v) is 2.20. The molecular formula is C9H7NPt+2. The van der Waals surface area contributed by atoms with Gasteiger partial charge < -0.3 is 0 Å². The summed E-state index contributed by atoms with van der Waals surface area (Å²) < 4.78 is 0. The van der Waals surface area contributed by atoms with Gasteiger partial charge in [0.25, 0.3) is 0 Å². The van der Waals surface area contributed by atoms with E-state index in [1.165, 1.54) is 5.39 Å². The minimum absolute atomic E-state index is 0. The normalized spacial score (nSPS) is 9.09. The van der Waals surface area contributed by atoms with Gasteiger partial charge in [-0.2, -0.15) is 0 Å². The summed E-state index contributed by atoms with van der Waals surface area (Å²) in [5, 5.41) is 1.20. The van der Waals surface area contributed by atoms with Gasteiger partial charge in [0.1, 0.15) is 0 Å². The van der Waals surface area contributed by atoms with Gasteiger partial charge in [-0.05, 0) is 12.1 Å². The molecule has 0 aliphatic heterocycles. The molecule has 11 heavy (non-hydrogen) atoms. The third kappa shape index (κ3) is 1.66. The number of rotatable bonds is 0. The van der Waals surface area contributed by atoms with Gasteiger partial charge in [-0.25, -0.2) is 0 Å². The van der Waals surface area contributed by atoms with Crippen molar-refractivity contribution in [3.63, 3.8) is 0 Å². The van der Waals surface area contributed by atoms with Crippen molar-refractivity contribution in [1.29, 1.82) is 0 Å². The third-order valence-electron chi connectivity index (χ3n) is 1.51. The van der Waals surface area contributed by atoms with Crippen LogP contribution >= 0.6 is 0 Å². The van der Waals surface area contributed by atoms with Gasteiger partial charge in [0.15, 0.2) is 0 Å². The fraction of sp³-hybridized carbons (Fsp3) is 0. The van der Waals surface area contributed by atoms with Crippen LogP contribution in [-0.4, -0.2) is 4.98 Å². The maximum absolute atomic E-state index is 4.18. The zero-order valence-electron chi connectivity index (χ0n) is 5.80. The summed E-state index contributed by atoms with van der Waals surface area (Å²) >= 11 is 0. The first-order chi connectivity index (χ1) is 4.97. The molecule has 2 rings (SSSR count). The van der Waals surface area contributed by atoms with E-state index < -0.39 is 0 Å². The number of para-hydroxylation sites is 1. The zero-order chi connectivity index (χ0) is 6.81. The van der Waals surface area contributed by atoms with Crippen molar-refractivity contribution in [3.8, 4) is 0 Å². The predicted molar refractivity (Wildman–Crippen MR) is 41.7 cm³/mol. The molecule has 0 fully saturated rings. The van der Waals surface area contributed by atoms with Crippen molar-refractivity contribution < 1.29 is 21.1 Å². The Morgan fingerprint density at radius 1 is 0.909 bits per heavy atom. The van der Waals surface area contributed by atoms with E-state index in [1.807, 2.05) is 30.5 Å². The van der Waals surface area contributed by atoms with Gasteiger partial charge >= 0.3 is 21.1 Å². The molecule has 0 aliphatic rings. The standard InChI is InChI=1S/C9H7N.Pt/c1-2-6-9-8(4-1)5-3-7-10-9;/h1-7H;/q;+2. The van der Waals surface area contributed by atoms with Crippen molar-refractivity contribution >= 4 is 10.9 Å². The number of fused-ring (bicyclic) bond motifs is 1. The summed E-state index contributed by atoms with van der Waals surface area (Å²) in [5.41, 5.74) is 1.06. The Labute approximate surface area is 79.7 Å². The van der Waals surface area contributed by atoms with Gasteiger partial charge in [0.2, 0.25) is 0 Å². The first-order valence-corrected chi connectivity index (χ1v) is 3.26. The summed E-state index contributed by atoms with van der Waals surface area (Å²) in [6.45, 7) is 0. The molecule has 0 atom stereocenters. The quantitative estimate of drug-likeness (QED) is 0.724. The van der Waals surface area contributed by atoms with E-state index in [-0.39, 0.29) is 21.1 Å². The van der Waals surface area contributed by atoms with Crippen molar-refractivity contribution in [3.05, 3.63) is 42.6 Å². The molecule has 1 aromatic carbocycles. The molecule has 0 aliphatic carbocycles. The van der Waals surface area contributed by atoms with E-state index in [0.29, 0.717) is 0 Å². The molecule has 2 heteroatoms. The fourth-order valence-electron chi connectivity index (χ4n) is 1.02. The molecule has 0 bridgehead atoms. The van der Waals surface area contributed by atoms with Crippen LogP contribution in [0.15, 0.2) is 42.6 Å². The second-order valence-electron chi connectivity index (χ2n) is 2.20. The van der Waals surface area contributed by atoms with Gasteiger partial charge in [0.05, 0.1) is 5.52 Å². The summed E-state index contributed by atoms with van der Waals surface area (Å²) in [6.07, 6.45) is 1.81. The van der Waals surface area contributed by atoms with Crippen molar-refractivity contribution in [2.75, 3.05) is 0 Å². The molecule has 0 saturated heterocycles. The Hall–Kier alpha value is -0.682. The van der Waals surface area contributed by atoms with Gasteiger partial charge in [-0.3, -0.25) is 4.98 Å². The SMILES string of the molecule is [Pt+2].c1ccc2ncccc2c1. The van der Waals surface area contributed by atoms with Crippen LogP contribution in [0.5, 0.6) is 0 Å². The maximum atomic E-state index is 4.18. The molecule has 1 aromatic heterocycles. The topological polar surface area (TPSA) is 12.9 Å². The van der Waals surface area contributed by atoms with Crippen LogP contribution in [0.2, 0.25) is 0 Å². The van der Waals surface area contributed by atoms with E-state index in [2.05, 4.69) is 17.1 Å². The first-order valence-electron chi connectivity index (χ1n) is 3.26. The van der Waals surface area contributed by atoms with Crippen molar-refractivity contribution in [2.45, 2.75) is 0 Å². The van der Waals surface area contributed by atoms with Crippen molar-refractivity contribution in [2.24, 2.45) is 0 Å². The van der Waals surface area contributed by atoms with E-state index in [9.17, 15) is 0 Å². The van der Waals surface area contributed by atoms with Crippen LogP contribution in [0.3, 0.4) is 0 Å². The number of pyridine rings is 1. The predicted octanol–water partition coefficient (Wildman–Crippen LogP) is 2.23. The first kappa shape index (κ1) is 8.42. The van der Waals surface area contributed by atoms with Gasteiger partial charge in [-0.15, -0.1) is 0 Å². The van der Waals surface area contributed by atoms with Crippen molar-refractivity contribution in [1.82, 2.24) is 4.98 Å². The number of hydrogen-bond acceptors (Lipinski definition) is 1. The Kier molecular flexibility index (Phi) is 2.78. The number of aromatic nitrogens is 1. The minimum atomic E-state index is 0. The van der Waals surface area contributed by atoms with Crippen LogP contribution in [0.4, 0.5) is 0 Å². The zero-order valence-corrected chi connectivity index (χ0v) is 8.08. The summed E-state index contributed by atoms with van der Waals surface area (Å²) in [4.78, 5) is 4.18. The Morgan fingerprint density at radius 3 is 2.45 bits per heavy atom. The number of benzene rings is 1. The molecule has 0 unspecified atom stereocenters. The van der Waals surface area contributed by atoms with Gasteiger partial charge in [-0.1, -0.05) is 24.3 Å². The smallest absolute Gasteiger partial charge is 0.256 e. The molecule has 0 amide bonds. The molecule has 0 N–H and O–H groups in total. The van der Waals surface area contributed by atoms with Crippen LogP contribution < -0.4 is 0 Å². The summed E-state index contributed by atoms with van der Waals surface area (Å²) in [7, 11) is 0. The number of hydrogen-bond donors (Lipinski definition) is 0. The van der Waals surface area contributed by atoms with E-state index in [4.69, 9.17) is 0 Å². The second kappa shape index (κ2) is 3.64. The van der Waals surface area contributed by atoms with E-state index in [1.54, 1.807) is 0 Å². The molecule has 2 aromatic rings. The summed E-state index contributed by atoms with van der Waals surface area (Å²) in [5.74, 6) is 0. The van der Waals surface area contributed by atoms with Crippen LogP contribution in [0, 0.1) is 0 Å². The largest absolute Gasteiger partial charge is 2.00 e. The Morgan fingerprint density at radius 2 is 1.64 bits per heavy atom. The molecule has 0 radical (unpaired) electrons. The maximum Gasteiger partial charge on any atom is 2.00 e. The Balaban J connectivity index is 0.000000605. The van der Waals surface area contributed by atoms with Crippen LogP contribution in [-0.2, 0) is 21.1 Å². The average Bonchev–Trinajstić information content (AvgIpc) is 2.05. The number of nitrogens with zero attached hydrogens (tertiary/aromatic N) is 1. The Bertz CT molecular complexity index is 281. The molecule has 0 spiro atoms. The minimum Gasteiger partial charge on any atom is -0.256 e.